The second-order valence-electron chi connectivity index (χ2n) is 4.95. The maximum absolute atomic E-state index is 11.5. The molecule has 20 heavy (non-hydrogen) atoms. The van der Waals surface area contributed by atoms with Gasteiger partial charge < -0.3 is 5.11 Å². The Kier molecular flexibility index (Phi) is 4.34. The number of aromatic nitrogens is 2. The van der Waals surface area contributed by atoms with Crippen molar-refractivity contribution in [2.24, 2.45) is 0 Å². The first-order valence-electron chi connectivity index (χ1n) is 6.30. The number of nitrogens with zero attached hydrogens (tertiary/aromatic N) is 3. The van der Waals surface area contributed by atoms with Crippen molar-refractivity contribution in [2.45, 2.75) is 25.9 Å². The number of hydrogen-bond acceptors (Lipinski definition) is 6. The number of rotatable bonds is 5. The quantitative estimate of drug-likeness (QED) is 0.807. The van der Waals surface area contributed by atoms with Gasteiger partial charge >= 0.3 is 5.97 Å². The lowest BCUT2D eigenvalue weighted by molar-refractivity contribution is -0.139. The molecular weight excluding hydrogens is 282 g/mol. The highest BCUT2D eigenvalue weighted by molar-refractivity contribution is 7.91. The first-order valence-corrected chi connectivity index (χ1v) is 8.13. The summed E-state index contributed by atoms with van der Waals surface area (Å²) in [7, 11) is -3.04. The number of hydrogen-bond donors (Lipinski definition) is 1. The molecule has 1 aromatic rings. The highest BCUT2D eigenvalue weighted by Gasteiger charge is 2.33. The van der Waals surface area contributed by atoms with Gasteiger partial charge in [-0.3, -0.25) is 9.69 Å². The minimum absolute atomic E-state index is 0.0182. The molecule has 0 radical (unpaired) electrons. The predicted octanol–water partition coefficient (Wildman–Crippen LogP) is -0.141. The van der Waals surface area contributed by atoms with E-state index in [9.17, 15) is 13.2 Å². The second-order valence-corrected chi connectivity index (χ2v) is 7.18. The Morgan fingerprint density at radius 2 is 2.30 bits per heavy atom. The first-order chi connectivity index (χ1) is 9.35. The molecule has 0 saturated carbocycles. The molecule has 2 heterocycles. The predicted molar refractivity (Wildman–Crippen MR) is 71.9 cm³/mol. The van der Waals surface area contributed by atoms with Crippen LogP contribution in [0.15, 0.2) is 12.3 Å². The number of carboxylic acids is 1. The molecular formula is C12H17N3O4S. The summed E-state index contributed by atoms with van der Waals surface area (Å²) in [5.41, 5.74) is 0.697. The zero-order chi connectivity index (χ0) is 14.8. The van der Waals surface area contributed by atoms with Gasteiger partial charge in [-0.05, 0) is 19.4 Å². The molecule has 0 aromatic carbocycles. The van der Waals surface area contributed by atoms with Gasteiger partial charge in [0, 0.05) is 18.8 Å². The summed E-state index contributed by atoms with van der Waals surface area (Å²) in [6.07, 6.45) is 2.09. The van der Waals surface area contributed by atoms with Gasteiger partial charge in [0.2, 0.25) is 0 Å². The molecule has 1 saturated heterocycles. The Bertz CT molecular complexity index is 602. The SMILES string of the molecule is Cc1nccc(CN(CC(=O)O)C2CCS(=O)(=O)C2)n1. The van der Waals surface area contributed by atoms with Crippen LogP contribution >= 0.6 is 0 Å². The van der Waals surface area contributed by atoms with Gasteiger partial charge in [0.25, 0.3) is 0 Å². The monoisotopic (exact) mass is 299 g/mol. The molecule has 110 valence electrons. The van der Waals surface area contributed by atoms with Crippen molar-refractivity contribution >= 4 is 15.8 Å². The molecule has 1 fully saturated rings. The lowest BCUT2D eigenvalue weighted by Crippen LogP contribution is -2.39. The lowest BCUT2D eigenvalue weighted by atomic mass is 10.2. The summed E-state index contributed by atoms with van der Waals surface area (Å²) >= 11 is 0. The van der Waals surface area contributed by atoms with E-state index in [1.54, 1.807) is 24.1 Å². The van der Waals surface area contributed by atoms with Crippen LogP contribution in [0.2, 0.25) is 0 Å². The summed E-state index contributed by atoms with van der Waals surface area (Å²) in [4.78, 5) is 20.8. The summed E-state index contributed by atoms with van der Waals surface area (Å²) in [5.74, 6) is -0.224. The fourth-order valence-corrected chi connectivity index (χ4v) is 4.11. The van der Waals surface area contributed by atoms with Crippen molar-refractivity contribution in [1.29, 1.82) is 0 Å². The molecule has 1 aliphatic rings. The Morgan fingerprint density at radius 1 is 1.55 bits per heavy atom. The summed E-state index contributed by atoms with van der Waals surface area (Å²) in [6.45, 7) is 1.88. The normalized spacial score (nSPS) is 21.2. The van der Waals surface area contributed by atoms with Gasteiger partial charge in [-0.1, -0.05) is 0 Å². The molecule has 0 spiro atoms. The molecule has 1 N–H and O–H groups in total. The Hall–Kier alpha value is -1.54. The van der Waals surface area contributed by atoms with Crippen LogP contribution in [0, 0.1) is 6.92 Å². The van der Waals surface area contributed by atoms with Crippen molar-refractivity contribution in [3.05, 3.63) is 23.8 Å². The van der Waals surface area contributed by atoms with Crippen molar-refractivity contribution in [1.82, 2.24) is 14.9 Å². The van der Waals surface area contributed by atoms with Crippen molar-refractivity contribution in [3.8, 4) is 0 Å². The van der Waals surface area contributed by atoms with E-state index in [2.05, 4.69) is 9.97 Å². The minimum atomic E-state index is -3.04. The van der Waals surface area contributed by atoms with E-state index in [4.69, 9.17) is 5.11 Å². The van der Waals surface area contributed by atoms with E-state index in [-0.39, 0.29) is 24.1 Å². The Morgan fingerprint density at radius 3 is 2.85 bits per heavy atom. The molecule has 1 aliphatic heterocycles. The Balaban J connectivity index is 2.14. The van der Waals surface area contributed by atoms with Crippen molar-refractivity contribution in [2.75, 3.05) is 18.1 Å². The lowest BCUT2D eigenvalue weighted by Gasteiger charge is -2.25. The molecule has 7 nitrogen and oxygen atoms in total. The van der Waals surface area contributed by atoms with Gasteiger partial charge in [0.15, 0.2) is 9.84 Å². The van der Waals surface area contributed by atoms with E-state index < -0.39 is 15.8 Å². The third-order valence-electron chi connectivity index (χ3n) is 3.26. The average Bonchev–Trinajstić information content (AvgIpc) is 2.68. The third kappa shape index (κ3) is 3.97. The van der Waals surface area contributed by atoms with E-state index >= 15 is 0 Å². The van der Waals surface area contributed by atoms with Crippen molar-refractivity contribution in [3.63, 3.8) is 0 Å². The summed E-state index contributed by atoms with van der Waals surface area (Å²) in [5, 5.41) is 8.98. The fourth-order valence-electron chi connectivity index (χ4n) is 2.35. The molecule has 2 rings (SSSR count). The number of sulfone groups is 1. The van der Waals surface area contributed by atoms with Crippen LogP contribution in [-0.2, 0) is 21.2 Å². The topological polar surface area (TPSA) is 100 Å². The van der Waals surface area contributed by atoms with Crippen LogP contribution in [0.3, 0.4) is 0 Å². The maximum Gasteiger partial charge on any atom is 0.317 e. The largest absolute Gasteiger partial charge is 0.480 e. The standard InChI is InChI=1S/C12H17N3O4S/c1-9-13-4-2-10(14-9)6-15(7-12(16)17)11-3-5-20(18,19)8-11/h2,4,11H,3,5-8H2,1H3,(H,16,17). The van der Waals surface area contributed by atoms with Gasteiger partial charge in [-0.25, -0.2) is 18.4 Å². The van der Waals surface area contributed by atoms with E-state index in [1.807, 2.05) is 0 Å². The molecule has 1 unspecified atom stereocenters. The van der Waals surface area contributed by atoms with Gasteiger partial charge in [-0.2, -0.15) is 0 Å². The minimum Gasteiger partial charge on any atom is -0.480 e. The molecule has 1 atom stereocenters. The summed E-state index contributed by atoms with van der Waals surface area (Å²) < 4.78 is 23.1. The van der Waals surface area contributed by atoms with E-state index in [0.717, 1.165) is 0 Å². The van der Waals surface area contributed by atoms with E-state index in [1.165, 1.54) is 0 Å². The third-order valence-corrected chi connectivity index (χ3v) is 5.01. The maximum atomic E-state index is 11.5. The zero-order valence-electron chi connectivity index (χ0n) is 11.2. The average molecular weight is 299 g/mol. The zero-order valence-corrected chi connectivity index (χ0v) is 12.0. The van der Waals surface area contributed by atoms with Crippen LogP contribution in [0.5, 0.6) is 0 Å². The van der Waals surface area contributed by atoms with E-state index in [0.29, 0.717) is 24.5 Å². The number of carbonyl (C=O) groups is 1. The van der Waals surface area contributed by atoms with Crippen LogP contribution in [0.1, 0.15) is 17.9 Å². The van der Waals surface area contributed by atoms with Crippen LogP contribution in [0.4, 0.5) is 0 Å². The van der Waals surface area contributed by atoms with Crippen LogP contribution in [0.25, 0.3) is 0 Å². The van der Waals surface area contributed by atoms with Gasteiger partial charge in [0.05, 0.1) is 23.7 Å². The van der Waals surface area contributed by atoms with Crippen LogP contribution < -0.4 is 0 Å². The highest BCUT2D eigenvalue weighted by Crippen LogP contribution is 2.19. The van der Waals surface area contributed by atoms with Crippen LogP contribution in [-0.4, -0.2) is 58.5 Å². The number of aliphatic carboxylic acids is 1. The fraction of sp³-hybridized carbons (Fsp3) is 0.583. The second kappa shape index (κ2) is 5.84. The van der Waals surface area contributed by atoms with Gasteiger partial charge in [0.1, 0.15) is 5.82 Å². The smallest absolute Gasteiger partial charge is 0.317 e. The number of aryl methyl sites for hydroxylation is 1. The van der Waals surface area contributed by atoms with Crippen molar-refractivity contribution < 1.29 is 18.3 Å². The highest BCUT2D eigenvalue weighted by atomic mass is 32.2. The molecule has 0 aliphatic carbocycles. The first kappa shape index (κ1) is 14.9. The van der Waals surface area contributed by atoms with Gasteiger partial charge in [-0.15, -0.1) is 0 Å². The molecule has 8 heteroatoms. The number of carboxylic acid groups (broad SMARTS) is 1. The molecule has 1 aromatic heterocycles. The molecule has 0 amide bonds. The molecule has 0 bridgehead atoms. The Labute approximate surface area is 117 Å². The summed E-state index contributed by atoms with van der Waals surface area (Å²) in [6, 6.07) is 1.46.